The van der Waals surface area contributed by atoms with E-state index in [1.165, 1.54) is 18.2 Å². The Morgan fingerprint density at radius 3 is 2.93 bits per heavy atom. The molecule has 0 spiro atoms. The van der Waals surface area contributed by atoms with Crippen LogP contribution in [-0.2, 0) is 16.1 Å². The predicted octanol–water partition coefficient (Wildman–Crippen LogP) is 3.84. The van der Waals surface area contributed by atoms with Gasteiger partial charge in [0.1, 0.15) is 0 Å². The minimum atomic E-state index is -0.119. The van der Waals surface area contributed by atoms with Crippen LogP contribution >= 0.6 is 27.7 Å². The van der Waals surface area contributed by atoms with E-state index in [0.717, 1.165) is 17.3 Å². The number of nitrogens with one attached hydrogen (secondary N) is 1. The molecule has 1 saturated carbocycles. The van der Waals surface area contributed by atoms with Crippen molar-refractivity contribution in [3.8, 4) is 0 Å². The number of methoxy groups -OCH3 is 1. The summed E-state index contributed by atoms with van der Waals surface area (Å²) in [7, 11) is 1.60. The number of ether oxygens (including phenoxy) is 1. The second-order valence-corrected chi connectivity index (χ2v) is 9.59. The lowest BCUT2D eigenvalue weighted by molar-refractivity contribution is -0.120. The first-order valence-corrected chi connectivity index (χ1v) is 11.8. The van der Waals surface area contributed by atoms with Gasteiger partial charge in [0.15, 0.2) is 5.16 Å². The van der Waals surface area contributed by atoms with Crippen LogP contribution in [0.4, 0.5) is 0 Å². The highest BCUT2D eigenvalue weighted by Gasteiger charge is 2.28. The van der Waals surface area contributed by atoms with E-state index >= 15 is 0 Å². The Labute approximate surface area is 183 Å². The molecule has 2 aromatic rings. The number of halogens is 1. The zero-order valence-electron chi connectivity index (χ0n) is 17.1. The zero-order chi connectivity index (χ0) is 21.0. The maximum atomic E-state index is 13.0. The van der Waals surface area contributed by atoms with Crippen LogP contribution in [0.5, 0.6) is 0 Å². The van der Waals surface area contributed by atoms with Gasteiger partial charge < -0.3 is 10.1 Å². The molecule has 1 aliphatic carbocycles. The summed E-state index contributed by atoms with van der Waals surface area (Å²) >= 11 is 4.71. The van der Waals surface area contributed by atoms with Crippen molar-refractivity contribution in [3.05, 3.63) is 33.0 Å². The van der Waals surface area contributed by atoms with Gasteiger partial charge in [-0.3, -0.25) is 14.2 Å². The number of rotatable bonds is 7. The van der Waals surface area contributed by atoms with E-state index in [0.29, 0.717) is 41.0 Å². The molecule has 1 heterocycles. The summed E-state index contributed by atoms with van der Waals surface area (Å²) in [6, 6.07) is 5.68. The summed E-state index contributed by atoms with van der Waals surface area (Å²) in [5.41, 5.74) is 0.510. The quantitative estimate of drug-likeness (QED) is 0.480. The van der Waals surface area contributed by atoms with Gasteiger partial charge in [0.05, 0.1) is 29.8 Å². The molecular weight excluding hydrogens is 454 g/mol. The third kappa shape index (κ3) is 5.41. The van der Waals surface area contributed by atoms with Gasteiger partial charge >= 0.3 is 0 Å². The van der Waals surface area contributed by atoms with Crippen molar-refractivity contribution in [2.24, 2.45) is 11.8 Å². The summed E-state index contributed by atoms with van der Waals surface area (Å²) < 4.78 is 7.58. The average Bonchev–Trinajstić information content (AvgIpc) is 2.70. The molecule has 158 valence electrons. The Hall–Kier alpha value is -1.38. The maximum absolute atomic E-state index is 13.0. The smallest absolute Gasteiger partial charge is 0.262 e. The fraction of sp³-hybridized carbons (Fsp3) is 0.571. The lowest BCUT2D eigenvalue weighted by Crippen LogP contribution is -2.44. The molecule has 0 aliphatic heterocycles. The molecule has 6 nitrogen and oxygen atoms in total. The van der Waals surface area contributed by atoms with Crippen molar-refractivity contribution in [2.75, 3.05) is 19.5 Å². The second kappa shape index (κ2) is 10.1. The van der Waals surface area contributed by atoms with Gasteiger partial charge in [-0.15, -0.1) is 0 Å². The molecule has 3 atom stereocenters. The normalized spacial score (nSPS) is 22.0. The molecule has 8 heteroatoms. The van der Waals surface area contributed by atoms with Crippen LogP contribution in [0.1, 0.15) is 33.1 Å². The largest absolute Gasteiger partial charge is 0.383 e. The molecule has 0 radical (unpaired) electrons. The Morgan fingerprint density at radius 2 is 2.17 bits per heavy atom. The first kappa shape index (κ1) is 22.3. The van der Waals surface area contributed by atoms with E-state index in [-0.39, 0.29) is 23.3 Å². The standard InChI is InChI=1S/C21H28BrN3O3S/c1-13-5-4-6-17(14(13)2)23-19(26)12-29-21-24-18-8-7-15(22)11-16(18)20(27)25(21)9-10-28-3/h7-8,11,13-14,17H,4-6,9-10,12H2,1-3H3,(H,23,26). The molecule has 1 N–H and O–H groups in total. The molecule has 1 amide bonds. The van der Waals surface area contributed by atoms with E-state index in [1.54, 1.807) is 17.7 Å². The van der Waals surface area contributed by atoms with E-state index in [4.69, 9.17) is 4.74 Å². The van der Waals surface area contributed by atoms with Gasteiger partial charge in [-0.25, -0.2) is 4.98 Å². The number of amides is 1. The van der Waals surface area contributed by atoms with Crippen LogP contribution in [0, 0.1) is 11.8 Å². The Kier molecular flexibility index (Phi) is 7.76. The highest BCUT2D eigenvalue weighted by molar-refractivity contribution is 9.10. The predicted molar refractivity (Wildman–Crippen MR) is 120 cm³/mol. The van der Waals surface area contributed by atoms with Crippen LogP contribution < -0.4 is 10.9 Å². The fourth-order valence-electron chi connectivity index (χ4n) is 3.83. The summed E-state index contributed by atoms with van der Waals surface area (Å²) in [6.07, 6.45) is 3.41. The van der Waals surface area contributed by atoms with E-state index in [9.17, 15) is 9.59 Å². The minimum Gasteiger partial charge on any atom is -0.383 e. The van der Waals surface area contributed by atoms with Crippen LogP contribution in [0.3, 0.4) is 0 Å². The van der Waals surface area contributed by atoms with Crippen LogP contribution in [-0.4, -0.2) is 41.0 Å². The van der Waals surface area contributed by atoms with Gasteiger partial charge in [0.2, 0.25) is 5.91 Å². The van der Waals surface area contributed by atoms with E-state index in [1.807, 2.05) is 12.1 Å². The highest BCUT2D eigenvalue weighted by atomic mass is 79.9. The SMILES string of the molecule is COCCn1c(SCC(=O)NC2CCCC(C)C2C)nc2ccc(Br)cc2c1=O. The zero-order valence-corrected chi connectivity index (χ0v) is 19.5. The number of fused-ring (bicyclic) bond motifs is 1. The minimum absolute atomic E-state index is 0.00982. The van der Waals surface area contributed by atoms with E-state index < -0.39 is 0 Å². The van der Waals surface area contributed by atoms with Gasteiger partial charge in [0, 0.05) is 17.6 Å². The number of hydrogen-bond donors (Lipinski definition) is 1. The molecule has 3 unspecified atom stereocenters. The Balaban J connectivity index is 1.77. The average molecular weight is 482 g/mol. The highest BCUT2D eigenvalue weighted by Crippen LogP contribution is 2.29. The van der Waals surface area contributed by atoms with Crippen molar-refractivity contribution >= 4 is 44.5 Å². The lowest BCUT2D eigenvalue weighted by atomic mass is 9.78. The third-order valence-electron chi connectivity index (χ3n) is 5.79. The number of aromatic nitrogens is 2. The van der Waals surface area contributed by atoms with Crippen LogP contribution in [0.2, 0.25) is 0 Å². The Bertz CT molecular complexity index is 933. The van der Waals surface area contributed by atoms with Crippen molar-refractivity contribution in [1.29, 1.82) is 0 Å². The number of nitrogens with zero attached hydrogens (tertiary/aromatic N) is 2. The maximum Gasteiger partial charge on any atom is 0.262 e. The number of carbonyl (C=O) groups is 1. The van der Waals surface area contributed by atoms with Crippen molar-refractivity contribution < 1.29 is 9.53 Å². The van der Waals surface area contributed by atoms with Crippen molar-refractivity contribution in [2.45, 2.75) is 50.9 Å². The first-order valence-electron chi connectivity index (χ1n) is 10.0. The molecule has 1 aliphatic rings. The summed E-state index contributed by atoms with van der Waals surface area (Å²) in [6.45, 7) is 5.27. The second-order valence-electron chi connectivity index (χ2n) is 7.74. The lowest BCUT2D eigenvalue weighted by Gasteiger charge is -2.34. The van der Waals surface area contributed by atoms with E-state index in [2.05, 4.69) is 40.1 Å². The molecule has 0 saturated heterocycles. The topological polar surface area (TPSA) is 73.2 Å². The van der Waals surface area contributed by atoms with Crippen molar-refractivity contribution in [3.63, 3.8) is 0 Å². The molecule has 29 heavy (non-hydrogen) atoms. The molecule has 1 aromatic heterocycles. The first-order chi connectivity index (χ1) is 13.9. The monoisotopic (exact) mass is 481 g/mol. The van der Waals surface area contributed by atoms with Gasteiger partial charge in [0.25, 0.3) is 5.56 Å². The van der Waals surface area contributed by atoms with Gasteiger partial charge in [-0.05, 0) is 36.5 Å². The van der Waals surface area contributed by atoms with Crippen LogP contribution in [0.25, 0.3) is 10.9 Å². The fourth-order valence-corrected chi connectivity index (χ4v) is 5.02. The van der Waals surface area contributed by atoms with Gasteiger partial charge in [-0.2, -0.15) is 0 Å². The number of benzene rings is 1. The van der Waals surface area contributed by atoms with Gasteiger partial charge in [-0.1, -0.05) is 54.4 Å². The molecule has 0 bridgehead atoms. The molecule has 1 aromatic carbocycles. The summed E-state index contributed by atoms with van der Waals surface area (Å²) in [4.78, 5) is 30.2. The Morgan fingerprint density at radius 1 is 1.38 bits per heavy atom. The summed E-state index contributed by atoms with van der Waals surface area (Å²) in [5, 5.41) is 4.28. The molecule has 1 fully saturated rings. The number of hydrogen-bond acceptors (Lipinski definition) is 5. The molecule has 3 rings (SSSR count). The van der Waals surface area contributed by atoms with Crippen LogP contribution in [0.15, 0.2) is 32.6 Å². The summed E-state index contributed by atoms with van der Waals surface area (Å²) in [5.74, 6) is 1.33. The third-order valence-corrected chi connectivity index (χ3v) is 7.26. The van der Waals surface area contributed by atoms with Crippen molar-refractivity contribution in [1.82, 2.24) is 14.9 Å². The number of thioether (sulfide) groups is 1. The molecular formula is C21H28BrN3O3S. The number of carbonyl (C=O) groups excluding carboxylic acids is 1.